The third-order valence-corrected chi connectivity index (χ3v) is 2.50. The number of nitrogens with zero attached hydrogens (tertiary/aromatic N) is 4. The molecule has 0 unspecified atom stereocenters. The van der Waals surface area contributed by atoms with Crippen LogP contribution in [0, 0.1) is 15.9 Å². The summed E-state index contributed by atoms with van der Waals surface area (Å²) < 4.78 is 14.6. The smallest absolute Gasteiger partial charge is 0.306 e. The fraction of sp³-hybridized carbons (Fsp3) is 0.200. The van der Waals surface area contributed by atoms with Crippen LogP contribution in [0.4, 0.5) is 15.9 Å². The third-order valence-electron chi connectivity index (χ3n) is 2.50. The summed E-state index contributed by atoms with van der Waals surface area (Å²) in [6.07, 6.45) is 0.560. The molecule has 7 nitrogen and oxygen atoms in total. The molecule has 0 saturated carbocycles. The van der Waals surface area contributed by atoms with Gasteiger partial charge in [-0.1, -0.05) is 12.1 Å². The Balaban J connectivity index is 2.57. The first-order chi connectivity index (χ1) is 8.54. The van der Waals surface area contributed by atoms with Crippen molar-refractivity contribution in [1.29, 1.82) is 0 Å². The van der Waals surface area contributed by atoms with E-state index in [-0.39, 0.29) is 5.82 Å². The van der Waals surface area contributed by atoms with Crippen LogP contribution in [0.25, 0.3) is 5.69 Å². The number of nitrogens with two attached hydrogens (primary N) is 1. The summed E-state index contributed by atoms with van der Waals surface area (Å²) in [7, 11) is 0. The van der Waals surface area contributed by atoms with Crippen LogP contribution >= 0.6 is 0 Å². The summed E-state index contributed by atoms with van der Waals surface area (Å²) in [6, 6.07) is 3.50. The van der Waals surface area contributed by atoms with Gasteiger partial charge in [0, 0.05) is 6.07 Å². The standard InChI is InChI=1S/C10H10FN5O2/c1-2-8-10(12)13-14-15(8)6-3-4-7(11)9(5-6)16(17)18/h3-5H,2,12H2,1H3. The van der Waals surface area contributed by atoms with Crippen molar-refractivity contribution in [2.24, 2.45) is 0 Å². The fourth-order valence-corrected chi connectivity index (χ4v) is 1.62. The van der Waals surface area contributed by atoms with Crippen molar-refractivity contribution in [2.75, 3.05) is 5.73 Å². The Labute approximate surface area is 101 Å². The highest BCUT2D eigenvalue weighted by Gasteiger charge is 2.17. The molecule has 0 amide bonds. The summed E-state index contributed by atoms with van der Waals surface area (Å²) >= 11 is 0. The Morgan fingerprint density at radius 1 is 1.56 bits per heavy atom. The van der Waals surface area contributed by atoms with Gasteiger partial charge in [0.2, 0.25) is 5.82 Å². The minimum Gasteiger partial charge on any atom is -0.381 e. The first-order valence-electron chi connectivity index (χ1n) is 5.19. The van der Waals surface area contributed by atoms with E-state index in [1.807, 2.05) is 6.92 Å². The van der Waals surface area contributed by atoms with Gasteiger partial charge in [-0.15, -0.1) is 5.10 Å². The largest absolute Gasteiger partial charge is 0.381 e. The topological polar surface area (TPSA) is 99.9 Å². The minimum atomic E-state index is -0.894. The maximum atomic E-state index is 13.2. The molecule has 0 saturated heterocycles. The monoisotopic (exact) mass is 251 g/mol. The van der Waals surface area contributed by atoms with Crippen molar-refractivity contribution in [3.63, 3.8) is 0 Å². The average molecular weight is 251 g/mol. The molecular formula is C10H10FN5O2. The second-order valence-corrected chi connectivity index (χ2v) is 3.58. The zero-order chi connectivity index (χ0) is 13.3. The number of benzene rings is 1. The first kappa shape index (κ1) is 12.0. The van der Waals surface area contributed by atoms with Crippen molar-refractivity contribution in [3.05, 3.63) is 39.8 Å². The van der Waals surface area contributed by atoms with E-state index in [0.29, 0.717) is 17.8 Å². The van der Waals surface area contributed by atoms with Crippen LogP contribution in [0.1, 0.15) is 12.6 Å². The first-order valence-corrected chi connectivity index (χ1v) is 5.19. The molecule has 1 aromatic heterocycles. The van der Waals surface area contributed by atoms with E-state index in [2.05, 4.69) is 10.3 Å². The minimum absolute atomic E-state index is 0.254. The summed E-state index contributed by atoms with van der Waals surface area (Å²) in [5, 5.41) is 18.1. The Kier molecular flexibility index (Phi) is 2.92. The molecular weight excluding hydrogens is 241 g/mol. The van der Waals surface area contributed by atoms with Crippen LogP contribution in [0.3, 0.4) is 0 Å². The van der Waals surface area contributed by atoms with Crippen LogP contribution in [0.2, 0.25) is 0 Å². The summed E-state index contributed by atoms with van der Waals surface area (Å²) in [5.74, 6) is -0.639. The molecule has 2 aromatic rings. The van der Waals surface area contributed by atoms with Crippen LogP contribution in [0.5, 0.6) is 0 Å². The molecule has 2 N–H and O–H groups in total. The molecule has 0 spiro atoms. The number of hydrogen-bond acceptors (Lipinski definition) is 5. The molecule has 1 heterocycles. The molecule has 0 aliphatic heterocycles. The number of nitrogen functional groups attached to an aromatic ring is 1. The van der Waals surface area contributed by atoms with Gasteiger partial charge in [0.1, 0.15) is 0 Å². The van der Waals surface area contributed by atoms with E-state index in [1.54, 1.807) is 0 Å². The molecule has 94 valence electrons. The zero-order valence-corrected chi connectivity index (χ0v) is 9.50. The normalized spacial score (nSPS) is 10.6. The van der Waals surface area contributed by atoms with Gasteiger partial charge in [-0.25, -0.2) is 4.68 Å². The Hall–Kier alpha value is -2.51. The molecule has 0 aliphatic rings. The highest BCUT2D eigenvalue weighted by Crippen LogP contribution is 2.22. The van der Waals surface area contributed by atoms with Gasteiger partial charge in [-0.2, -0.15) is 4.39 Å². The van der Waals surface area contributed by atoms with Crippen LogP contribution in [0.15, 0.2) is 18.2 Å². The number of hydrogen-bond donors (Lipinski definition) is 1. The lowest BCUT2D eigenvalue weighted by atomic mass is 10.2. The molecule has 0 atom stereocenters. The number of halogens is 1. The maximum absolute atomic E-state index is 13.2. The summed E-state index contributed by atoms with van der Waals surface area (Å²) in [6.45, 7) is 1.85. The van der Waals surface area contributed by atoms with E-state index in [9.17, 15) is 14.5 Å². The van der Waals surface area contributed by atoms with E-state index in [1.165, 1.54) is 10.7 Å². The molecule has 8 heteroatoms. The molecule has 2 rings (SSSR count). The number of anilines is 1. The molecule has 1 aromatic carbocycles. The van der Waals surface area contributed by atoms with Crippen LogP contribution in [-0.4, -0.2) is 19.9 Å². The van der Waals surface area contributed by atoms with Crippen molar-refractivity contribution < 1.29 is 9.31 Å². The zero-order valence-electron chi connectivity index (χ0n) is 9.50. The predicted octanol–water partition coefficient (Wildman–Crippen LogP) is 1.46. The molecule has 0 bridgehead atoms. The van der Waals surface area contributed by atoms with Crippen LogP contribution in [-0.2, 0) is 6.42 Å². The van der Waals surface area contributed by atoms with E-state index >= 15 is 0 Å². The molecule has 18 heavy (non-hydrogen) atoms. The third kappa shape index (κ3) is 1.88. The van der Waals surface area contributed by atoms with Crippen molar-refractivity contribution in [3.8, 4) is 5.69 Å². The summed E-state index contributed by atoms with van der Waals surface area (Å²) in [4.78, 5) is 9.87. The SMILES string of the molecule is CCc1c(N)nnn1-c1ccc(F)c([N+](=O)[O-])c1. The van der Waals surface area contributed by atoms with Gasteiger partial charge in [0.05, 0.1) is 16.3 Å². The average Bonchev–Trinajstić information content (AvgIpc) is 2.70. The van der Waals surface area contributed by atoms with Crippen LogP contribution < -0.4 is 5.73 Å². The Morgan fingerprint density at radius 2 is 2.28 bits per heavy atom. The van der Waals surface area contributed by atoms with Gasteiger partial charge in [0.15, 0.2) is 5.82 Å². The predicted molar refractivity (Wildman–Crippen MR) is 61.8 cm³/mol. The quantitative estimate of drug-likeness (QED) is 0.657. The lowest BCUT2D eigenvalue weighted by Crippen LogP contribution is -2.04. The maximum Gasteiger partial charge on any atom is 0.306 e. The van der Waals surface area contributed by atoms with Crippen molar-refractivity contribution in [1.82, 2.24) is 15.0 Å². The Bertz CT molecular complexity index is 610. The van der Waals surface area contributed by atoms with Crippen molar-refractivity contribution >= 4 is 11.5 Å². The van der Waals surface area contributed by atoms with Gasteiger partial charge in [-0.05, 0) is 18.6 Å². The van der Waals surface area contributed by atoms with E-state index in [4.69, 9.17) is 5.73 Å². The van der Waals surface area contributed by atoms with Gasteiger partial charge < -0.3 is 5.73 Å². The van der Waals surface area contributed by atoms with Gasteiger partial charge in [-0.3, -0.25) is 10.1 Å². The highest BCUT2D eigenvalue weighted by molar-refractivity contribution is 5.47. The molecule has 0 aliphatic carbocycles. The fourth-order valence-electron chi connectivity index (χ4n) is 1.62. The number of nitro groups is 1. The molecule has 0 radical (unpaired) electrons. The van der Waals surface area contributed by atoms with Gasteiger partial charge >= 0.3 is 5.69 Å². The summed E-state index contributed by atoms with van der Waals surface area (Å²) in [5.41, 5.74) is 5.98. The van der Waals surface area contributed by atoms with E-state index in [0.717, 1.165) is 12.1 Å². The highest BCUT2D eigenvalue weighted by atomic mass is 19.1. The number of rotatable bonds is 3. The number of aromatic nitrogens is 3. The lowest BCUT2D eigenvalue weighted by molar-refractivity contribution is -0.387. The lowest BCUT2D eigenvalue weighted by Gasteiger charge is -2.04. The molecule has 0 fully saturated rings. The second-order valence-electron chi connectivity index (χ2n) is 3.58. The Morgan fingerprint density at radius 3 is 2.89 bits per heavy atom. The number of nitro benzene ring substituents is 1. The van der Waals surface area contributed by atoms with Crippen molar-refractivity contribution in [2.45, 2.75) is 13.3 Å². The second kappa shape index (κ2) is 4.40. The van der Waals surface area contributed by atoms with Gasteiger partial charge in [0.25, 0.3) is 0 Å². The van der Waals surface area contributed by atoms with E-state index < -0.39 is 16.4 Å².